The summed E-state index contributed by atoms with van der Waals surface area (Å²) < 4.78 is 53.9. The van der Waals surface area contributed by atoms with Crippen LogP contribution in [0.3, 0.4) is 0 Å². The quantitative estimate of drug-likeness (QED) is 0.520. The summed E-state index contributed by atoms with van der Waals surface area (Å²) in [5.41, 5.74) is 1.94. The van der Waals surface area contributed by atoms with Gasteiger partial charge in [0.05, 0.1) is 17.4 Å². The zero-order valence-corrected chi connectivity index (χ0v) is 15.3. The number of aromatic nitrogens is 4. The predicted octanol–water partition coefficient (Wildman–Crippen LogP) is 2.22. The molecule has 2 aromatic heterocycles. The third kappa shape index (κ3) is 4.81. The van der Waals surface area contributed by atoms with Crippen LogP contribution in [0.5, 0.6) is 0 Å². The Labute approximate surface area is 163 Å². The van der Waals surface area contributed by atoms with Crippen molar-refractivity contribution in [2.75, 3.05) is 12.3 Å². The first-order chi connectivity index (χ1) is 13.6. The van der Waals surface area contributed by atoms with Gasteiger partial charge in [0.25, 0.3) is 11.9 Å². The fraction of sp³-hybridized carbons (Fsp3) is 0.529. The first-order valence-electron chi connectivity index (χ1n) is 9.05. The average molecular weight is 416 g/mol. The monoisotopic (exact) mass is 416 g/mol. The number of hydrogen-bond acceptors (Lipinski definition) is 6. The van der Waals surface area contributed by atoms with Gasteiger partial charge in [0, 0.05) is 12.7 Å². The van der Waals surface area contributed by atoms with Gasteiger partial charge in [-0.2, -0.15) is 23.3 Å². The lowest BCUT2D eigenvalue weighted by molar-refractivity contribution is -0.141. The molecule has 0 aliphatic heterocycles. The number of anilines is 1. The molecule has 3 rings (SSSR count). The van der Waals surface area contributed by atoms with Crippen molar-refractivity contribution in [2.24, 2.45) is 0 Å². The second-order valence-corrected chi connectivity index (χ2v) is 7.06. The van der Waals surface area contributed by atoms with Crippen LogP contribution >= 0.6 is 0 Å². The highest BCUT2D eigenvalue weighted by Crippen LogP contribution is 2.31. The van der Waals surface area contributed by atoms with Crippen LogP contribution in [0, 0.1) is 5.82 Å². The van der Waals surface area contributed by atoms with Crippen LogP contribution in [0.2, 0.25) is 0 Å². The standard InChI is InChI=1S/C17H20F4N6O2/c18-11-7-23-15(25-13(11)22)27-8-10(12(26-27)17(19,20)21)14(28)24-9-16(29)5-3-1-2-4-6-16/h7-8,29H,1-6,9H2,(H,24,28)(H2,22,23,25). The molecule has 4 N–H and O–H groups in total. The van der Waals surface area contributed by atoms with E-state index in [1.54, 1.807) is 0 Å². The van der Waals surface area contributed by atoms with Crippen LogP contribution in [-0.2, 0) is 6.18 Å². The van der Waals surface area contributed by atoms with E-state index in [0.717, 1.165) is 31.9 Å². The number of carbonyl (C=O) groups excluding carboxylic acids is 1. The second-order valence-electron chi connectivity index (χ2n) is 7.06. The smallest absolute Gasteiger partial charge is 0.388 e. The highest BCUT2D eigenvalue weighted by molar-refractivity contribution is 5.95. The van der Waals surface area contributed by atoms with Crippen molar-refractivity contribution in [3.8, 4) is 5.95 Å². The summed E-state index contributed by atoms with van der Waals surface area (Å²) in [7, 11) is 0. The number of nitrogens with one attached hydrogen (secondary N) is 1. The van der Waals surface area contributed by atoms with Gasteiger partial charge in [0.1, 0.15) is 0 Å². The van der Waals surface area contributed by atoms with Gasteiger partial charge >= 0.3 is 6.18 Å². The van der Waals surface area contributed by atoms with Gasteiger partial charge < -0.3 is 16.2 Å². The minimum atomic E-state index is -4.93. The van der Waals surface area contributed by atoms with Crippen LogP contribution in [0.1, 0.15) is 54.6 Å². The largest absolute Gasteiger partial charge is 0.435 e. The highest BCUT2D eigenvalue weighted by Gasteiger charge is 2.40. The van der Waals surface area contributed by atoms with Gasteiger partial charge in [-0.25, -0.2) is 14.1 Å². The Morgan fingerprint density at radius 2 is 1.93 bits per heavy atom. The van der Waals surface area contributed by atoms with Gasteiger partial charge in [-0.1, -0.05) is 25.7 Å². The lowest BCUT2D eigenvalue weighted by Crippen LogP contribution is -2.42. The second kappa shape index (κ2) is 7.93. The third-order valence-electron chi connectivity index (χ3n) is 4.80. The van der Waals surface area contributed by atoms with Crippen molar-refractivity contribution in [1.82, 2.24) is 25.1 Å². The fourth-order valence-corrected chi connectivity index (χ4v) is 3.24. The summed E-state index contributed by atoms with van der Waals surface area (Å²) in [6, 6.07) is 0. The number of aliphatic hydroxyl groups is 1. The molecule has 0 aromatic carbocycles. The molecule has 0 atom stereocenters. The van der Waals surface area contributed by atoms with Crippen LogP contribution in [0.25, 0.3) is 5.95 Å². The van der Waals surface area contributed by atoms with Crippen molar-refractivity contribution >= 4 is 11.7 Å². The van der Waals surface area contributed by atoms with Crippen LogP contribution in [0.15, 0.2) is 12.4 Å². The van der Waals surface area contributed by atoms with Crippen LogP contribution in [-0.4, -0.2) is 42.9 Å². The van der Waals surface area contributed by atoms with E-state index in [0.29, 0.717) is 23.7 Å². The Balaban J connectivity index is 1.85. The first kappa shape index (κ1) is 21.0. The topological polar surface area (TPSA) is 119 Å². The fourth-order valence-electron chi connectivity index (χ4n) is 3.24. The molecule has 8 nitrogen and oxygen atoms in total. The molecule has 0 saturated heterocycles. The first-order valence-corrected chi connectivity index (χ1v) is 9.05. The number of rotatable bonds is 4. The van der Waals surface area contributed by atoms with E-state index in [1.807, 2.05) is 0 Å². The maximum Gasteiger partial charge on any atom is 0.435 e. The van der Waals surface area contributed by atoms with Gasteiger partial charge in [-0.15, -0.1) is 0 Å². The van der Waals surface area contributed by atoms with E-state index in [9.17, 15) is 27.5 Å². The van der Waals surface area contributed by atoms with Crippen LogP contribution in [0.4, 0.5) is 23.4 Å². The molecule has 0 radical (unpaired) electrons. The molecule has 1 aliphatic rings. The summed E-state index contributed by atoms with van der Waals surface area (Å²) in [6.45, 7) is -0.172. The van der Waals surface area contributed by atoms with Crippen molar-refractivity contribution in [1.29, 1.82) is 0 Å². The number of nitrogens with zero attached hydrogens (tertiary/aromatic N) is 4. The minimum absolute atomic E-state index is 0.172. The Hall–Kier alpha value is -2.76. The van der Waals surface area contributed by atoms with E-state index in [1.165, 1.54) is 0 Å². The van der Waals surface area contributed by atoms with E-state index < -0.39 is 46.5 Å². The molecule has 1 fully saturated rings. The molecule has 1 amide bonds. The zero-order valence-electron chi connectivity index (χ0n) is 15.3. The summed E-state index contributed by atoms with van der Waals surface area (Å²) >= 11 is 0. The average Bonchev–Trinajstić information content (AvgIpc) is 3.00. The Morgan fingerprint density at radius 1 is 1.28 bits per heavy atom. The minimum Gasteiger partial charge on any atom is -0.388 e. The Morgan fingerprint density at radius 3 is 2.52 bits per heavy atom. The molecule has 1 saturated carbocycles. The van der Waals surface area contributed by atoms with E-state index in [-0.39, 0.29) is 6.54 Å². The lowest BCUT2D eigenvalue weighted by Gasteiger charge is -2.26. The van der Waals surface area contributed by atoms with Crippen LogP contribution < -0.4 is 11.1 Å². The molecule has 1 aliphatic carbocycles. The maximum atomic E-state index is 13.4. The Bertz CT molecular complexity index is 891. The molecular formula is C17H20F4N6O2. The molecule has 0 bridgehead atoms. The Kier molecular flexibility index (Phi) is 5.73. The number of halogens is 4. The molecule has 29 heavy (non-hydrogen) atoms. The predicted molar refractivity (Wildman–Crippen MR) is 93.5 cm³/mol. The highest BCUT2D eigenvalue weighted by atomic mass is 19.4. The lowest BCUT2D eigenvalue weighted by atomic mass is 9.94. The molecule has 12 heteroatoms. The normalized spacial score (nSPS) is 17.0. The molecule has 2 heterocycles. The summed E-state index contributed by atoms with van der Waals surface area (Å²) in [4.78, 5) is 19.5. The molecular weight excluding hydrogens is 396 g/mol. The van der Waals surface area contributed by atoms with Gasteiger partial charge in [0.2, 0.25) is 0 Å². The molecule has 0 unspecified atom stereocenters. The summed E-state index contributed by atoms with van der Waals surface area (Å²) in [5, 5.41) is 16.3. The molecule has 0 spiro atoms. The van der Waals surface area contributed by atoms with E-state index >= 15 is 0 Å². The maximum absolute atomic E-state index is 13.4. The molecule has 2 aromatic rings. The number of amides is 1. The van der Waals surface area contributed by atoms with Crippen molar-refractivity contribution in [3.05, 3.63) is 29.5 Å². The van der Waals surface area contributed by atoms with E-state index in [2.05, 4.69) is 20.4 Å². The van der Waals surface area contributed by atoms with Crippen molar-refractivity contribution in [3.63, 3.8) is 0 Å². The number of alkyl halides is 3. The summed E-state index contributed by atoms with van der Waals surface area (Å²) in [6.07, 6.45) is 0.953. The van der Waals surface area contributed by atoms with Gasteiger partial charge in [0.15, 0.2) is 17.3 Å². The number of nitrogens with two attached hydrogens (primary N) is 1. The number of nitrogen functional groups attached to an aromatic ring is 1. The van der Waals surface area contributed by atoms with Gasteiger partial charge in [-0.3, -0.25) is 4.79 Å². The zero-order chi connectivity index (χ0) is 21.2. The SMILES string of the molecule is Nc1nc(-n2cc(C(=O)NCC3(O)CCCCCC3)c(C(F)(F)F)n2)ncc1F. The van der Waals surface area contributed by atoms with E-state index in [4.69, 9.17) is 5.73 Å². The molecule has 158 valence electrons. The van der Waals surface area contributed by atoms with Gasteiger partial charge in [-0.05, 0) is 12.8 Å². The third-order valence-corrected chi connectivity index (χ3v) is 4.80. The number of hydrogen-bond donors (Lipinski definition) is 3. The number of carbonyl (C=O) groups is 1. The van der Waals surface area contributed by atoms with Crippen molar-refractivity contribution in [2.45, 2.75) is 50.3 Å². The summed E-state index contributed by atoms with van der Waals surface area (Å²) in [5.74, 6) is -2.97. The van der Waals surface area contributed by atoms with Crippen molar-refractivity contribution < 1.29 is 27.5 Å².